The lowest BCUT2D eigenvalue weighted by Gasteiger charge is -2.16. The molecule has 1 aliphatic rings. The molecule has 2 atom stereocenters. The maximum atomic E-state index is 12.3. The lowest BCUT2D eigenvalue weighted by atomic mass is 9.97. The SMILES string of the molecule is C=CCSc1ccccc1NC(=O)[C@@H]1CNC[C@H]1C. The number of carbonyl (C=O) groups is 1. The molecule has 1 aromatic rings. The van der Waals surface area contributed by atoms with E-state index in [4.69, 9.17) is 0 Å². The zero-order chi connectivity index (χ0) is 13.7. The maximum absolute atomic E-state index is 12.3. The number of anilines is 1. The zero-order valence-electron chi connectivity index (χ0n) is 11.2. The Morgan fingerprint density at radius 1 is 1.53 bits per heavy atom. The molecule has 0 saturated carbocycles. The van der Waals surface area contributed by atoms with Crippen molar-refractivity contribution in [1.82, 2.24) is 5.32 Å². The highest BCUT2D eigenvalue weighted by Crippen LogP contribution is 2.28. The molecule has 1 fully saturated rings. The molecular formula is C15H20N2OS. The number of hydrogen-bond acceptors (Lipinski definition) is 3. The predicted molar refractivity (Wildman–Crippen MR) is 81.5 cm³/mol. The van der Waals surface area contributed by atoms with E-state index in [0.717, 1.165) is 29.4 Å². The van der Waals surface area contributed by atoms with E-state index >= 15 is 0 Å². The van der Waals surface area contributed by atoms with Gasteiger partial charge in [0, 0.05) is 17.2 Å². The van der Waals surface area contributed by atoms with E-state index in [-0.39, 0.29) is 11.8 Å². The fourth-order valence-electron chi connectivity index (χ4n) is 2.23. The highest BCUT2D eigenvalue weighted by Gasteiger charge is 2.29. The van der Waals surface area contributed by atoms with Crippen molar-refractivity contribution in [2.75, 3.05) is 24.2 Å². The molecule has 1 aliphatic heterocycles. The molecule has 4 heteroatoms. The van der Waals surface area contributed by atoms with Crippen LogP contribution < -0.4 is 10.6 Å². The van der Waals surface area contributed by atoms with E-state index in [1.54, 1.807) is 11.8 Å². The number of amides is 1. The van der Waals surface area contributed by atoms with Gasteiger partial charge in [0.05, 0.1) is 11.6 Å². The van der Waals surface area contributed by atoms with Crippen LogP contribution in [0.2, 0.25) is 0 Å². The third-order valence-corrected chi connectivity index (χ3v) is 4.43. The largest absolute Gasteiger partial charge is 0.325 e. The van der Waals surface area contributed by atoms with Gasteiger partial charge >= 0.3 is 0 Å². The first-order valence-corrected chi connectivity index (χ1v) is 7.55. The van der Waals surface area contributed by atoms with Gasteiger partial charge in [-0.3, -0.25) is 4.79 Å². The van der Waals surface area contributed by atoms with Crippen LogP contribution in [0.3, 0.4) is 0 Å². The molecule has 1 aromatic carbocycles. The molecule has 0 bridgehead atoms. The van der Waals surface area contributed by atoms with Gasteiger partial charge in [-0.2, -0.15) is 0 Å². The number of para-hydroxylation sites is 1. The molecule has 102 valence electrons. The zero-order valence-corrected chi connectivity index (χ0v) is 12.0. The minimum Gasteiger partial charge on any atom is -0.325 e. The van der Waals surface area contributed by atoms with E-state index in [2.05, 4.69) is 24.1 Å². The minimum absolute atomic E-state index is 0.0671. The normalized spacial score (nSPS) is 22.2. The van der Waals surface area contributed by atoms with Gasteiger partial charge in [-0.1, -0.05) is 25.1 Å². The summed E-state index contributed by atoms with van der Waals surface area (Å²) in [6.45, 7) is 7.53. The summed E-state index contributed by atoms with van der Waals surface area (Å²) < 4.78 is 0. The molecule has 0 spiro atoms. The van der Waals surface area contributed by atoms with Crippen LogP contribution in [0.4, 0.5) is 5.69 Å². The van der Waals surface area contributed by atoms with Gasteiger partial charge in [0.1, 0.15) is 0 Å². The Bertz CT molecular complexity index is 461. The van der Waals surface area contributed by atoms with E-state index in [1.165, 1.54) is 0 Å². The van der Waals surface area contributed by atoms with Crippen molar-refractivity contribution < 1.29 is 4.79 Å². The second-order valence-electron chi connectivity index (χ2n) is 4.83. The number of thioether (sulfide) groups is 1. The Morgan fingerprint density at radius 3 is 3.00 bits per heavy atom. The van der Waals surface area contributed by atoms with E-state index in [1.807, 2.05) is 30.3 Å². The Hall–Kier alpha value is -1.26. The number of rotatable bonds is 5. The monoisotopic (exact) mass is 276 g/mol. The smallest absolute Gasteiger partial charge is 0.229 e. The van der Waals surface area contributed by atoms with Gasteiger partial charge in [-0.15, -0.1) is 18.3 Å². The molecule has 0 aliphatic carbocycles. The van der Waals surface area contributed by atoms with Crippen LogP contribution in [0.1, 0.15) is 6.92 Å². The topological polar surface area (TPSA) is 41.1 Å². The van der Waals surface area contributed by atoms with Gasteiger partial charge in [0.2, 0.25) is 5.91 Å². The molecule has 3 nitrogen and oxygen atoms in total. The molecule has 0 radical (unpaired) electrons. The van der Waals surface area contributed by atoms with Gasteiger partial charge < -0.3 is 10.6 Å². The summed E-state index contributed by atoms with van der Waals surface area (Å²) in [7, 11) is 0. The van der Waals surface area contributed by atoms with Crippen LogP contribution in [0.5, 0.6) is 0 Å². The molecular weight excluding hydrogens is 256 g/mol. The lowest BCUT2D eigenvalue weighted by Crippen LogP contribution is -2.28. The molecule has 0 aromatic heterocycles. The Balaban J connectivity index is 2.05. The fourth-order valence-corrected chi connectivity index (χ4v) is 2.98. The van der Waals surface area contributed by atoms with Crippen LogP contribution in [-0.4, -0.2) is 24.7 Å². The Morgan fingerprint density at radius 2 is 2.32 bits per heavy atom. The number of hydrogen-bond donors (Lipinski definition) is 2. The van der Waals surface area contributed by atoms with Gasteiger partial charge in [0.25, 0.3) is 0 Å². The summed E-state index contributed by atoms with van der Waals surface area (Å²) in [5, 5.41) is 6.32. The van der Waals surface area contributed by atoms with E-state index in [0.29, 0.717) is 5.92 Å². The number of benzene rings is 1. The Labute approximate surface area is 118 Å². The van der Waals surface area contributed by atoms with Gasteiger partial charge in [-0.25, -0.2) is 0 Å². The molecule has 2 N–H and O–H groups in total. The fraction of sp³-hybridized carbons (Fsp3) is 0.400. The highest BCUT2D eigenvalue weighted by molar-refractivity contribution is 7.99. The summed E-state index contributed by atoms with van der Waals surface area (Å²) in [5.74, 6) is 1.42. The molecule has 0 unspecified atom stereocenters. The number of carbonyl (C=O) groups excluding carboxylic acids is 1. The molecule has 1 heterocycles. The third kappa shape index (κ3) is 3.61. The van der Waals surface area contributed by atoms with Gasteiger partial charge in [-0.05, 0) is 24.6 Å². The van der Waals surface area contributed by atoms with Crippen LogP contribution in [0.25, 0.3) is 0 Å². The van der Waals surface area contributed by atoms with Crippen LogP contribution in [0.15, 0.2) is 41.8 Å². The second kappa shape index (κ2) is 6.78. The summed E-state index contributed by atoms with van der Waals surface area (Å²) >= 11 is 1.68. The minimum atomic E-state index is 0.0671. The average Bonchev–Trinajstić information content (AvgIpc) is 2.84. The first-order valence-electron chi connectivity index (χ1n) is 6.56. The van der Waals surface area contributed by atoms with E-state index in [9.17, 15) is 4.79 Å². The van der Waals surface area contributed by atoms with Crippen LogP contribution >= 0.6 is 11.8 Å². The summed E-state index contributed by atoms with van der Waals surface area (Å²) in [5.41, 5.74) is 0.901. The van der Waals surface area contributed by atoms with Crippen LogP contribution in [-0.2, 0) is 4.79 Å². The van der Waals surface area contributed by atoms with Crippen molar-refractivity contribution in [3.05, 3.63) is 36.9 Å². The maximum Gasteiger partial charge on any atom is 0.229 e. The Kier molecular flexibility index (Phi) is 5.05. The van der Waals surface area contributed by atoms with Crippen molar-refractivity contribution in [1.29, 1.82) is 0 Å². The first-order chi connectivity index (χ1) is 9.22. The van der Waals surface area contributed by atoms with Crippen molar-refractivity contribution in [2.45, 2.75) is 11.8 Å². The average molecular weight is 276 g/mol. The quantitative estimate of drug-likeness (QED) is 0.642. The molecule has 2 rings (SSSR count). The van der Waals surface area contributed by atoms with Crippen molar-refractivity contribution >= 4 is 23.4 Å². The standard InChI is InChI=1S/C15H20N2OS/c1-3-8-19-14-7-5-4-6-13(14)17-15(18)12-10-16-9-11(12)2/h3-7,11-12,16H,1,8-10H2,2H3,(H,17,18)/t11-,12-/m1/s1. The lowest BCUT2D eigenvalue weighted by molar-refractivity contribution is -0.120. The molecule has 19 heavy (non-hydrogen) atoms. The number of nitrogens with one attached hydrogen (secondary N) is 2. The summed E-state index contributed by atoms with van der Waals surface area (Å²) in [4.78, 5) is 13.4. The van der Waals surface area contributed by atoms with Crippen molar-refractivity contribution in [3.8, 4) is 0 Å². The summed E-state index contributed by atoms with van der Waals surface area (Å²) in [6, 6.07) is 7.92. The van der Waals surface area contributed by atoms with Crippen LogP contribution in [0, 0.1) is 11.8 Å². The molecule has 1 saturated heterocycles. The van der Waals surface area contributed by atoms with Gasteiger partial charge in [0.15, 0.2) is 0 Å². The van der Waals surface area contributed by atoms with Crippen molar-refractivity contribution in [2.24, 2.45) is 11.8 Å². The first kappa shape index (κ1) is 14.2. The summed E-state index contributed by atoms with van der Waals surface area (Å²) in [6.07, 6.45) is 1.87. The predicted octanol–water partition coefficient (Wildman–Crippen LogP) is 2.76. The highest BCUT2D eigenvalue weighted by atomic mass is 32.2. The molecule has 1 amide bonds. The van der Waals surface area contributed by atoms with Crippen molar-refractivity contribution in [3.63, 3.8) is 0 Å². The third-order valence-electron chi connectivity index (χ3n) is 3.36. The van der Waals surface area contributed by atoms with E-state index < -0.39 is 0 Å². The second-order valence-corrected chi connectivity index (χ2v) is 5.89.